The summed E-state index contributed by atoms with van der Waals surface area (Å²) in [7, 11) is 8.43. The molecule has 0 aliphatic heterocycles. The number of nitrogens with zero attached hydrogens (tertiary/aromatic N) is 2. The van der Waals surface area contributed by atoms with E-state index >= 15 is 0 Å². The summed E-state index contributed by atoms with van der Waals surface area (Å²) in [4.78, 5) is 4.38. The molecule has 0 amide bonds. The van der Waals surface area contributed by atoms with Gasteiger partial charge in [0.15, 0.2) is 0 Å². The van der Waals surface area contributed by atoms with Crippen LogP contribution in [0.25, 0.3) is 11.1 Å². The molecule has 3 rings (SSSR count). The van der Waals surface area contributed by atoms with Crippen LogP contribution < -0.4 is 9.80 Å². The van der Waals surface area contributed by atoms with Crippen molar-refractivity contribution < 1.29 is 0 Å². The summed E-state index contributed by atoms with van der Waals surface area (Å²) in [6.45, 7) is 0. The van der Waals surface area contributed by atoms with Crippen LogP contribution in [0.4, 0.5) is 11.4 Å². The Morgan fingerprint density at radius 2 is 1.37 bits per heavy atom. The summed E-state index contributed by atoms with van der Waals surface area (Å²) in [5.74, 6) is 0. The summed E-state index contributed by atoms with van der Waals surface area (Å²) < 4.78 is 0. The molecule has 1 aliphatic rings. The average Bonchev–Trinajstić information content (AvgIpc) is 2.74. The molecule has 0 radical (unpaired) electrons. The Balaban J connectivity index is 2.21. The number of fused-ring (bicyclic) bond motifs is 3. The smallest absolute Gasteiger partial charge is 0.0605 e. The molecule has 1 aliphatic carbocycles. The van der Waals surface area contributed by atoms with Crippen LogP contribution in [-0.2, 0) is 6.42 Å². The van der Waals surface area contributed by atoms with Crippen LogP contribution >= 0.6 is 0 Å². The van der Waals surface area contributed by atoms with Crippen molar-refractivity contribution in [1.29, 1.82) is 0 Å². The minimum absolute atomic E-state index is 1.06. The first-order valence-electron chi connectivity index (χ1n) is 6.68. The molecule has 0 N–H and O–H groups in total. The Labute approximate surface area is 115 Å². The Kier molecular flexibility index (Phi) is 2.74. The highest BCUT2D eigenvalue weighted by atomic mass is 15.1. The van der Waals surface area contributed by atoms with Crippen molar-refractivity contribution >= 4 is 11.4 Å². The van der Waals surface area contributed by atoms with Gasteiger partial charge in [0.05, 0.1) is 11.4 Å². The first-order valence-corrected chi connectivity index (χ1v) is 6.68. The minimum Gasteiger partial charge on any atom is -0.376 e. The lowest BCUT2D eigenvalue weighted by Crippen LogP contribution is -2.17. The summed E-state index contributed by atoms with van der Waals surface area (Å²) in [5, 5.41) is 0. The number of hydrogen-bond acceptors (Lipinski definition) is 2. The van der Waals surface area contributed by atoms with Crippen LogP contribution in [0.5, 0.6) is 0 Å². The molecule has 0 fully saturated rings. The third kappa shape index (κ3) is 1.88. The number of benzene rings is 2. The quantitative estimate of drug-likeness (QED) is 0.690. The molecule has 0 saturated heterocycles. The number of anilines is 2. The SMILES string of the molecule is CN(C)c1cc2c(cc1N(C)C)-c1ccccc1C2. The second-order valence-electron chi connectivity index (χ2n) is 5.62. The van der Waals surface area contributed by atoms with Gasteiger partial charge in [-0.2, -0.15) is 0 Å². The summed E-state index contributed by atoms with van der Waals surface area (Å²) >= 11 is 0. The van der Waals surface area contributed by atoms with Crippen molar-refractivity contribution in [2.24, 2.45) is 0 Å². The maximum absolute atomic E-state index is 2.34. The molecule has 0 bridgehead atoms. The van der Waals surface area contributed by atoms with E-state index in [-0.39, 0.29) is 0 Å². The Morgan fingerprint density at radius 1 is 0.737 bits per heavy atom. The van der Waals surface area contributed by atoms with Crippen LogP contribution in [0.3, 0.4) is 0 Å². The van der Waals surface area contributed by atoms with Gasteiger partial charge in [0, 0.05) is 28.2 Å². The molecule has 0 saturated carbocycles. The van der Waals surface area contributed by atoms with Gasteiger partial charge in [0.25, 0.3) is 0 Å². The Morgan fingerprint density at radius 3 is 2.05 bits per heavy atom. The van der Waals surface area contributed by atoms with Crippen molar-refractivity contribution in [3.05, 3.63) is 47.5 Å². The molecule has 2 aromatic carbocycles. The molecule has 0 aromatic heterocycles. The van der Waals surface area contributed by atoms with Gasteiger partial charge in [0.1, 0.15) is 0 Å². The van der Waals surface area contributed by atoms with Crippen LogP contribution in [0.2, 0.25) is 0 Å². The maximum atomic E-state index is 2.34. The summed E-state index contributed by atoms with van der Waals surface area (Å²) in [6, 6.07) is 13.4. The average molecular weight is 252 g/mol. The van der Waals surface area contributed by atoms with Gasteiger partial charge in [-0.3, -0.25) is 0 Å². The topological polar surface area (TPSA) is 6.48 Å². The highest BCUT2D eigenvalue weighted by Crippen LogP contribution is 2.42. The van der Waals surface area contributed by atoms with Crippen LogP contribution in [0.1, 0.15) is 11.1 Å². The fraction of sp³-hybridized carbons (Fsp3) is 0.294. The molecule has 98 valence electrons. The van der Waals surface area contributed by atoms with Gasteiger partial charge < -0.3 is 9.80 Å². The van der Waals surface area contributed by atoms with Crippen LogP contribution in [0.15, 0.2) is 36.4 Å². The van der Waals surface area contributed by atoms with Gasteiger partial charge in [0.2, 0.25) is 0 Å². The van der Waals surface area contributed by atoms with E-state index in [1.165, 1.54) is 33.6 Å². The molecule has 0 atom stereocenters. The second-order valence-corrected chi connectivity index (χ2v) is 5.62. The van der Waals surface area contributed by atoms with E-state index in [0.717, 1.165) is 6.42 Å². The molecular formula is C17H20N2. The minimum atomic E-state index is 1.06. The fourth-order valence-electron chi connectivity index (χ4n) is 2.88. The first kappa shape index (κ1) is 12.1. The van der Waals surface area contributed by atoms with E-state index < -0.39 is 0 Å². The molecule has 0 spiro atoms. The molecule has 2 heteroatoms. The normalized spacial score (nSPS) is 12.0. The summed E-state index contributed by atoms with van der Waals surface area (Å²) in [6.07, 6.45) is 1.06. The predicted octanol–water partition coefficient (Wildman–Crippen LogP) is 3.39. The predicted molar refractivity (Wildman–Crippen MR) is 83.3 cm³/mol. The highest BCUT2D eigenvalue weighted by molar-refractivity contribution is 5.85. The van der Waals surface area contributed by atoms with Crippen molar-refractivity contribution in [3.8, 4) is 11.1 Å². The zero-order valence-corrected chi connectivity index (χ0v) is 12.1. The lowest BCUT2D eigenvalue weighted by molar-refractivity contribution is 1.07. The van der Waals surface area contributed by atoms with Crippen molar-refractivity contribution in [3.63, 3.8) is 0 Å². The van der Waals surface area contributed by atoms with Gasteiger partial charge in [-0.1, -0.05) is 24.3 Å². The largest absolute Gasteiger partial charge is 0.376 e. The van der Waals surface area contributed by atoms with Gasteiger partial charge in [-0.05, 0) is 40.8 Å². The fourth-order valence-corrected chi connectivity index (χ4v) is 2.88. The Hall–Kier alpha value is -1.96. The van der Waals surface area contributed by atoms with Crippen molar-refractivity contribution in [2.45, 2.75) is 6.42 Å². The molecule has 19 heavy (non-hydrogen) atoms. The van der Waals surface area contributed by atoms with E-state index in [1.54, 1.807) is 0 Å². The number of rotatable bonds is 2. The van der Waals surface area contributed by atoms with Crippen LogP contribution in [0, 0.1) is 0 Å². The third-order valence-electron chi connectivity index (χ3n) is 3.85. The zero-order chi connectivity index (χ0) is 13.6. The number of hydrogen-bond donors (Lipinski definition) is 0. The van der Waals surface area contributed by atoms with Crippen molar-refractivity contribution in [1.82, 2.24) is 0 Å². The van der Waals surface area contributed by atoms with E-state index in [2.05, 4.69) is 74.4 Å². The molecular weight excluding hydrogens is 232 g/mol. The lowest BCUT2D eigenvalue weighted by Gasteiger charge is -2.24. The molecule has 2 nitrogen and oxygen atoms in total. The first-order chi connectivity index (χ1) is 9.08. The molecule has 0 unspecified atom stereocenters. The van der Waals surface area contributed by atoms with E-state index in [1.807, 2.05) is 0 Å². The van der Waals surface area contributed by atoms with Gasteiger partial charge in [-0.25, -0.2) is 0 Å². The summed E-state index contributed by atoms with van der Waals surface area (Å²) in [5.41, 5.74) is 8.24. The monoisotopic (exact) mass is 252 g/mol. The van der Waals surface area contributed by atoms with Crippen molar-refractivity contribution in [2.75, 3.05) is 38.0 Å². The zero-order valence-electron chi connectivity index (χ0n) is 12.1. The van der Waals surface area contributed by atoms with Crippen LogP contribution in [-0.4, -0.2) is 28.2 Å². The van der Waals surface area contributed by atoms with Gasteiger partial charge in [-0.15, -0.1) is 0 Å². The Bertz CT molecular complexity index is 627. The third-order valence-corrected chi connectivity index (χ3v) is 3.85. The molecule has 2 aromatic rings. The standard InChI is InChI=1S/C17H20N2/c1-18(2)16-10-13-9-12-7-5-6-8-14(12)15(13)11-17(16)19(3)4/h5-8,10-11H,9H2,1-4H3. The maximum Gasteiger partial charge on any atom is 0.0605 e. The van der Waals surface area contributed by atoms with E-state index in [4.69, 9.17) is 0 Å². The lowest BCUT2D eigenvalue weighted by atomic mass is 10.0. The molecule has 0 heterocycles. The van der Waals surface area contributed by atoms with E-state index in [0.29, 0.717) is 0 Å². The van der Waals surface area contributed by atoms with E-state index in [9.17, 15) is 0 Å². The highest BCUT2D eigenvalue weighted by Gasteiger charge is 2.21. The second kappa shape index (κ2) is 4.30. The van der Waals surface area contributed by atoms with Gasteiger partial charge >= 0.3 is 0 Å².